The van der Waals surface area contributed by atoms with E-state index in [4.69, 9.17) is 14.7 Å². The summed E-state index contributed by atoms with van der Waals surface area (Å²) < 4.78 is 53.6. The van der Waals surface area contributed by atoms with Crippen LogP contribution in [0.4, 0.5) is 19.0 Å². The number of rotatable bonds is 15. The molecule has 79 heavy (non-hydrogen) atoms. The number of aryl methyl sites for hydroxylation is 1. The van der Waals surface area contributed by atoms with Crippen molar-refractivity contribution in [2.75, 3.05) is 50.8 Å². The molecule has 11 rings (SSSR count). The largest absolute Gasteiger partial charge is 0.508 e. The molecule has 2 unspecified atom stereocenters. The number of β-amino-alcohol motifs (C(OH)–C–C–N with tert-alkyl or cyclic N) is 1. The van der Waals surface area contributed by atoms with Crippen LogP contribution in [0.15, 0.2) is 79.0 Å². The number of hydrogen-bond donors (Lipinski definition) is 5. The number of phenolic OH excluding ortho intramolecular Hbond substituents is 1. The minimum Gasteiger partial charge on any atom is -0.508 e. The number of aliphatic hydroxyl groups is 1. The van der Waals surface area contributed by atoms with Gasteiger partial charge in [0.15, 0.2) is 5.82 Å². The second-order valence-corrected chi connectivity index (χ2v) is 23.9. The molecule has 5 N–H and O–H groups in total. The minimum atomic E-state index is -0.988. The molecule has 7 atom stereocenters. The molecule has 5 aliphatic rings. The van der Waals surface area contributed by atoms with Gasteiger partial charge in [-0.1, -0.05) is 76.2 Å². The van der Waals surface area contributed by atoms with Crippen molar-refractivity contribution in [3.8, 4) is 34.1 Å². The number of halogens is 3. The molecule has 4 aromatic carbocycles. The summed E-state index contributed by atoms with van der Waals surface area (Å²) in [6.45, 7) is 12.7. The van der Waals surface area contributed by atoms with Gasteiger partial charge in [-0.2, -0.15) is 9.97 Å². The highest BCUT2D eigenvalue weighted by Gasteiger charge is 2.48. The lowest BCUT2D eigenvalue weighted by atomic mass is 9.84. The zero-order valence-electron chi connectivity index (χ0n) is 45.5. The number of piperazine rings is 1. The normalized spacial score (nSPS) is 22.7. The van der Waals surface area contributed by atoms with Crippen LogP contribution < -0.4 is 25.6 Å². The number of fused-ring (bicyclic) bond motifs is 4. The van der Waals surface area contributed by atoms with Crippen LogP contribution >= 0.6 is 0 Å². The lowest BCUT2D eigenvalue weighted by Crippen LogP contribution is -2.59. The Bertz CT molecular complexity index is 3300. The molecule has 1 aliphatic carbocycles. The van der Waals surface area contributed by atoms with Crippen molar-refractivity contribution in [3.63, 3.8) is 0 Å². The molecule has 2 aromatic heterocycles. The van der Waals surface area contributed by atoms with Crippen molar-refractivity contribution < 1.29 is 42.5 Å². The first-order valence-electron chi connectivity index (χ1n) is 28.0. The van der Waals surface area contributed by atoms with Gasteiger partial charge in [-0.15, -0.1) is 0 Å². The first-order chi connectivity index (χ1) is 37.8. The predicted molar refractivity (Wildman–Crippen MR) is 296 cm³/mol. The van der Waals surface area contributed by atoms with Crippen molar-refractivity contribution in [1.82, 2.24) is 40.7 Å². The number of nitrogens with zero attached hydrogens (tertiary/aromatic N) is 6. The number of anilines is 1. The van der Waals surface area contributed by atoms with E-state index < -0.39 is 59.0 Å². The number of carbonyl (C=O) groups is 3. The standard InChI is InChI=1S/C61H70F3N9O6/c1-6-43-48(63)20-17-37-24-41(74)25-45(50(37)43)52-51(64)53-46(27-65-52)55(72-29-39-18-19-40(30-72)67-39)70-59(68-53)79-33-61(21-22-61)32-71-23-9-10-38(28-71)56(76)69-54(60(3,4)5)58(78)73-31-42(75)26-49(73)57(77)66-34(2)35-13-15-36(16-14-35)44-11-7-8-12-47(44)62/h7-8,11-17,20,24-25,27,34,38-40,42,49,54,67,74-75H,6,9-10,18-19,21-23,26,28-33H2,1-5H3,(H,66,77)(H,69,76)/t34-,38-,39?,40?,42+,49-,54+/m0/s1. The molecule has 1 saturated carbocycles. The number of hydrogen-bond acceptors (Lipinski definition) is 12. The van der Waals surface area contributed by atoms with Gasteiger partial charge in [-0.3, -0.25) is 19.4 Å². The number of pyridine rings is 1. The summed E-state index contributed by atoms with van der Waals surface area (Å²) in [6, 6.07) is 17.8. The fraction of sp³-hybridized carbons (Fsp3) is 0.475. The van der Waals surface area contributed by atoms with Gasteiger partial charge < -0.3 is 45.6 Å². The number of phenols is 1. The lowest BCUT2D eigenvalue weighted by molar-refractivity contribution is -0.145. The maximum Gasteiger partial charge on any atom is 0.319 e. The molecule has 2 bridgehead atoms. The highest BCUT2D eigenvalue weighted by atomic mass is 19.1. The third kappa shape index (κ3) is 11.1. The van der Waals surface area contributed by atoms with Crippen molar-refractivity contribution in [2.45, 2.75) is 122 Å². The summed E-state index contributed by atoms with van der Waals surface area (Å²) >= 11 is 0. The molecule has 0 spiro atoms. The van der Waals surface area contributed by atoms with E-state index in [1.807, 2.05) is 46.8 Å². The van der Waals surface area contributed by atoms with E-state index in [-0.39, 0.29) is 77.3 Å². The Labute approximate surface area is 458 Å². The van der Waals surface area contributed by atoms with Crippen LogP contribution in [0, 0.1) is 34.2 Å². The molecule has 4 aliphatic heterocycles. The summed E-state index contributed by atoms with van der Waals surface area (Å²) in [5.41, 5.74) is 1.54. The zero-order valence-corrected chi connectivity index (χ0v) is 45.5. The van der Waals surface area contributed by atoms with Crippen LogP contribution in [0.2, 0.25) is 0 Å². The SMILES string of the molecule is CCc1c(F)ccc2cc(O)cc(-c3ncc4c(N5CC6CCC(C5)N6)nc(OCC5(CN6CCC[C@H](C(=O)N[C@H](C(=O)N7C[C@H](O)C[C@H]7C(=O)N[C@@H](C)c7ccc(-c8ccccc8F)cc7)C(C)(C)C)C6)CC5)nc4c3F)c12. The van der Waals surface area contributed by atoms with E-state index in [1.165, 1.54) is 29.2 Å². The number of aromatic nitrogens is 3. The first kappa shape index (κ1) is 54.1. The van der Waals surface area contributed by atoms with Crippen LogP contribution in [0.3, 0.4) is 0 Å². The average Bonchev–Trinajstić information content (AvgIpc) is 4.08. The van der Waals surface area contributed by atoms with Crippen molar-refractivity contribution in [1.29, 1.82) is 0 Å². The molecule has 3 amide bonds. The highest BCUT2D eigenvalue weighted by Crippen LogP contribution is 2.47. The summed E-state index contributed by atoms with van der Waals surface area (Å²) in [5.74, 6) is -2.60. The van der Waals surface area contributed by atoms with E-state index in [9.17, 15) is 29.0 Å². The third-order valence-corrected chi connectivity index (χ3v) is 17.0. The number of carbonyl (C=O) groups excluding carboxylic acids is 3. The van der Waals surface area contributed by atoms with Crippen LogP contribution in [-0.4, -0.2) is 129 Å². The molecule has 15 nitrogen and oxygen atoms in total. The minimum absolute atomic E-state index is 0.0133. The predicted octanol–water partition coefficient (Wildman–Crippen LogP) is 8.38. The van der Waals surface area contributed by atoms with Crippen molar-refractivity contribution >= 4 is 45.2 Å². The smallest absolute Gasteiger partial charge is 0.319 e. The molecule has 416 valence electrons. The van der Waals surface area contributed by atoms with Gasteiger partial charge in [-0.25, -0.2) is 13.2 Å². The molecule has 5 fully saturated rings. The fourth-order valence-electron chi connectivity index (χ4n) is 12.6. The Balaban J connectivity index is 0.768. The lowest BCUT2D eigenvalue weighted by Gasteiger charge is -2.38. The molecular formula is C61H70F3N9O6. The Kier molecular flexibility index (Phi) is 14.8. The molecule has 18 heteroatoms. The third-order valence-electron chi connectivity index (χ3n) is 17.0. The second-order valence-electron chi connectivity index (χ2n) is 23.9. The molecule has 4 saturated heterocycles. The van der Waals surface area contributed by atoms with E-state index >= 15 is 8.78 Å². The highest BCUT2D eigenvalue weighted by molar-refractivity contribution is 6.02. The topological polar surface area (TPSA) is 185 Å². The average molecular weight is 1080 g/mol. The van der Waals surface area contributed by atoms with Crippen molar-refractivity contribution in [3.05, 3.63) is 108 Å². The monoisotopic (exact) mass is 1080 g/mol. The van der Waals surface area contributed by atoms with Crippen LogP contribution in [0.25, 0.3) is 44.1 Å². The number of benzene rings is 4. The number of aliphatic hydroxyl groups excluding tert-OH is 1. The zero-order chi connectivity index (χ0) is 55.5. The fourth-order valence-corrected chi connectivity index (χ4v) is 12.6. The summed E-state index contributed by atoms with van der Waals surface area (Å²) in [7, 11) is 0. The van der Waals surface area contributed by atoms with E-state index in [0.717, 1.165) is 44.2 Å². The number of aromatic hydroxyl groups is 1. The Morgan fingerprint density at radius 2 is 1.63 bits per heavy atom. The Morgan fingerprint density at radius 1 is 0.886 bits per heavy atom. The number of nitrogens with one attached hydrogen (secondary N) is 3. The number of piperidine rings is 1. The number of amides is 3. The van der Waals surface area contributed by atoms with Gasteiger partial charge in [-0.05, 0) is 116 Å². The molecule has 6 aromatic rings. The van der Waals surface area contributed by atoms with Gasteiger partial charge in [0.25, 0.3) is 0 Å². The maximum absolute atomic E-state index is 17.3. The number of likely N-dealkylation sites (tertiary alicyclic amines) is 2. The first-order valence-corrected chi connectivity index (χ1v) is 28.0. The molecular weight excluding hydrogens is 1010 g/mol. The second kappa shape index (κ2) is 21.6. The van der Waals surface area contributed by atoms with Gasteiger partial charge in [0.1, 0.15) is 46.5 Å². The van der Waals surface area contributed by atoms with Gasteiger partial charge >= 0.3 is 6.01 Å². The maximum atomic E-state index is 17.3. The summed E-state index contributed by atoms with van der Waals surface area (Å²) in [6.07, 6.45) is 6.17. The van der Waals surface area contributed by atoms with E-state index in [1.54, 1.807) is 42.6 Å². The van der Waals surface area contributed by atoms with E-state index in [2.05, 4.69) is 30.7 Å². The summed E-state index contributed by atoms with van der Waals surface area (Å²) in [4.78, 5) is 63.0. The molecule has 0 radical (unpaired) electrons. The Hall–Kier alpha value is -6.89. The van der Waals surface area contributed by atoms with Crippen molar-refractivity contribution in [2.24, 2.45) is 16.7 Å². The van der Waals surface area contributed by atoms with Crippen LogP contribution in [-0.2, 0) is 20.8 Å². The van der Waals surface area contributed by atoms with Crippen LogP contribution in [0.1, 0.15) is 96.7 Å². The van der Waals surface area contributed by atoms with Gasteiger partial charge in [0.05, 0.1) is 30.1 Å². The van der Waals surface area contributed by atoms with E-state index in [0.29, 0.717) is 77.7 Å². The Morgan fingerprint density at radius 3 is 2.34 bits per heavy atom. The van der Waals surface area contributed by atoms with Gasteiger partial charge in [0.2, 0.25) is 17.7 Å². The quantitative estimate of drug-likeness (QED) is 0.0663. The van der Waals surface area contributed by atoms with Gasteiger partial charge in [0, 0.05) is 74.0 Å². The van der Waals surface area contributed by atoms with Crippen LogP contribution in [0.5, 0.6) is 11.8 Å². The summed E-state index contributed by atoms with van der Waals surface area (Å²) in [5, 5.41) is 32.9. The number of ether oxygens (including phenoxy) is 1. The molecule has 6 heterocycles.